The van der Waals surface area contributed by atoms with Gasteiger partial charge in [-0.2, -0.15) is 0 Å². The first-order chi connectivity index (χ1) is 8.38. The number of amides is 2. The van der Waals surface area contributed by atoms with Crippen LogP contribution in [0.1, 0.15) is 40.0 Å². The van der Waals surface area contributed by atoms with Crippen molar-refractivity contribution in [1.29, 1.82) is 0 Å². The second-order valence-electron chi connectivity index (χ2n) is 4.41. The fourth-order valence-electron chi connectivity index (χ4n) is 1.28. The van der Waals surface area contributed by atoms with Gasteiger partial charge in [-0.05, 0) is 19.8 Å². The molecule has 6 heteroatoms. The lowest BCUT2D eigenvalue weighted by Gasteiger charge is -2.25. The normalized spacial score (nSPS) is 13.5. The second kappa shape index (κ2) is 8.02. The number of thiocarbonyl (C=S) groups is 1. The summed E-state index contributed by atoms with van der Waals surface area (Å²) in [5.41, 5.74) is 4.73. The molecule has 0 rings (SSSR count). The molecule has 104 valence electrons. The maximum atomic E-state index is 11.9. The van der Waals surface area contributed by atoms with E-state index in [1.807, 2.05) is 13.8 Å². The highest BCUT2D eigenvalue weighted by atomic mass is 32.1. The summed E-state index contributed by atoms with van der Waals surface area (Å²) in [6.07, 6.45) is 1.70. The van der Waals surface area contributed by atoms with Crippen LogP contribution in [-0.4, -0.2) is 29.9 Å². The molecule has 0 aliphatic rings. The molecule has 18 heavy (non-hydrogen) atoms. The lowest BCUT2D eigenvalue weighted by molar-refractivity contribution is -0.127. The van der Waals surface area contributed by atoms with Crippen LogP contribution in [0.3, 0.4) is 0 Å². The van der Waals surface area contributed by atoms with Crippen molar-refractivity contribution in [2.24, 2.45) is 11.1 Å². The molecule has 0 spiro atoms. The molecule has 0 saturated heterocycles. The van der Waals surface area contributed by atoms with Gasteiger partial charge in [-0.3, -0.25) is 9.59 Å². The average molecular weight is 273 g/mol. The van der Waals surface area contributed by atoms with Crippen molar-refractivity contribution in [3.05, 3.63) is 0 Å². The van der Waals surface area contributed by atoms with Gasteiger partial charge < -0.3 is 16.4 Å². The van der Waals surface area contributed by atoms with Crippen molar-refractivity contribution in [2.45, 2.75) is 40.0 Å². The smallest absolute Gasteiger partial charge is 0.232 e. The highest BCUT2D eigenvalue weighted by molar-refractivity contribution is 7.80. The quantitative estimate of drug-likeness (QED) is 0.569. The van der Waals surface area contributed by atoms with Gasteiger partial charge in [-0.1, -0.05) is 26.1 Å². The number of nitrogens with one attached hydrogen (secondary N) is 2. The van der Waals surface area contributed by atoms with Gasteiger partial charge in [0.15, 0.2) is 0 Å². The van der Waals surface area contributed by atoms with E-state index < -0.39 is 5.41 Å². The summed E-state index contributed by atoms with van der Waals surface area (Å²) in [6, 6.07) is 0. The Balaban J connectivity index is 4.11. The molecule has 0 radical (unpaired) electrons. The Bertz CT molecular complexity index is 320. The molecule has 0 aliphatic carbocycles. The Morgan fingerprint density at radius 2 is 1.83 bits per heavy atom. The first-order valence-corrected chi connectivity index (χ1v) is 6.64. The lowest BCUT2D eigenvalue weighted by atomic mass is 9.86. The number of hydrogen-bond donors (Lipinski definition) is 3. The van der Waals surface area contributed by atoms with E-state index in [2.05, 4.69) is 10.6 Å². The molecule has 0 aliphatic heterocycles. The van der Waals surface area contributed by atoms with Gasteiger partial charge in [-0.15, -0.1) is 0 Å². The highest BCUT2D eigenvalue weighted by Gasteiger charge is 2.34. The first kappa shape index (κ1) is 16.8. The molecule has 1 unspecified atom stereocenters. The molecule has 0 saturated carbocycles. The van der Waals surface area contributed by atoms with E-state index in [-0.39, 0.29) is 23.2 Å². The van der Waals surface area contributed by atoms with Gasteiger partial charge in [0.25, 0.3) is 0 Å². The average Bonchev–Trinajstić information content (AvgIpc) is 2.34. The summed E-state index contributed by atoms with van der Waals surface area (Å²) in [5, 5.41) is 5.44. The standard InChI is InChI=1S/C12H23N3O2S/c1-4-7-14-9(16)6-8-15-11(17)12(3,5-2)10(13)18/h4-8H2,1-3H3,(H2,13,18)(H,14,16)(H,15,17). The van der Waals surface area contributed by atoms with Crippen molar-refractivity contribution >= 4 is 29.0 Å². The van der Waals surface area contributed by atoms with E-state index in [1.165, 1.54) is 0 Å². The molecule has 5 nitrogen and oxygen atoms in total. The zero-order valence-electron chi connectivity index (χ0n) is 11.3. The maximum Gasteiger partial charge on any atom is 0.232 e. The molecule has 0 heterocycles. The Labute approximate surface area is 114 Å². The third kappa shape index (κ3) is 5.00. The van der Waals surface area contributed by atoms with E-state index in [1.54, 1.807) is 6.92 Å². The minimum Gasteiger partial charge on any atom is -0.392 e. The number of hydrogen-bond acceptors (Lipinski definition) is 3. The minimum absolute atomic E-state index is 0.0642. The topological polar surface area (TPSA) is 84.2 Å². The third-order valence-corrected chi connectivity index (χ3v) is 3.41. The lowest BCUT2D eigenvalue weighted by Crippen LogP contribution is -2.47. The number of rotatable bonds is 8. The zero-order valence-corrected chi connectivity index (χ0v) is 12.2. The zero-order chi connectivity index (χ0) is 14.2. The van der Waals surface area contributed by atoms with Crippen molar-refractivity contribution in [3.63, 3.8) is 0 Å². The van der Waals surface area contributed by atoms with Crippen LogP contribution in [0, 0.1) is 5.41 Å². The van der Waals surface area contributed by atoms with Crippen LogP contribution in [0.25, 0.3) is 0 Å². The van der Waals surface area contributed by atoms with Crippen LogP contribution in [0.2, 0.25) is 0 Å². The fourth-order valence-corrected chi connectivity index (χ4v) is 1.52. The Kier molecular flexibility index (Phi) is 7.50. The Hall–Kier alpha value is -1.17. The summed E-state index contributed by atoms with van der Waals surface area (Å²) in [4.78, 5) is 23.4. The molecule has 0 aromatic heterocycles. The van der Waals surface area contributed by atoms with Crippen molar-refractivity contribution < 1.29 is 9.59 Å². The van der Waals surface area contributed by atoms with Gasteiger partial charge in [-0.25, -0.2) is 0 Å². The molecular weight excluding hydrogens is 250 g/mol. The summed E-state index contributed by atoms with van der Waals surface area (Å²) < 4.78 is 0. The van der Waals surface area contributed by atoms with Gasteiger partial charge in [0.1, 0.15) is 0 Å². The van der Waals surface area contributed by atoms with E-state index in [9.17, 15) is 9.59 Å². The van der Waals surface area contributed by atoms with Crippen molar-refractivity contribution in [3.8, 4) is 0 Å². The molecule has 0 aromatic carbocycles. The molecular formula is C12H23N3O2S. The van der Waals surface area contributed by atoms with Crippen LogP contribution in [0.4, 0.5) is 0 Å². The van der Waals surface area contributed by atoms with E-state index in [0.29, 0.717) is 19.5 Å². The molecule has 2 amide bonds. The summed E-state index contributed by atoms with van der Waals surface area (Å²) in [7, 11) is 0. The molecule has 4 N–H and O–H groups in total. The van der Waals surface area contributed by atoms with Gasteiger partial charge in [0.05, 0.1) is 10.4 Å². The fraction of sp³-hybridized carbons (Fsp3) is 0.750. The Morgan fingerprint density at radius 3 is 2.28 bits per heavy atom. The van der Waals surface area contributed by atoms with Crippen LogP contribution in [0.15, 0.2) is 0 Å². The Morgan fingerprint density at radius 1 is 1.22 bits per heavy atom. The minimum atomic E-state index is -0.838. The number of carbonyl (C=O) groups is 2. The van der Waals surface area contributed by atoms with Crippen molar-refractivity contribution in [2.75, 3.05) is 13.1 Å². The number of nitrogens with two attached hydrogens (primary N) is 1. The summed E-state index contributed by atoms with van der Waals surface area (Å²) >= 11 is 4.90. The van der Waals surface area contributed by atoms with Crippen LogP contribution >= 0.6 is 12.2 Å². The van der Waals surface area contributed by atoms with E-state index >= 15 is 0 Å². The van der Waals surface area contributed by atoms with Crippen LogP contribution in [0.5, 0.6) is 0 Å². The van der Waals surface area contributed by atoms with Gasteiger partial charge in [0.2, 0.25) is 11.8 Å². The maximum absolute atomic E-state index is 11.9. The van der Waals surface area contributed by atoms with Crippen molar-refractivity contribution in [1.82, 2.24) is 10.6 Å². The summed E-state index contributed by atoms with van der Waals surface area (Å²) in [6.45, 7) is 6.50. The monoisotopic (exact) mass is 273 g/mol. The van der Waals surface area contributed by atoms with Crippen LogP contribution in [-0.2, 0) is 9.59 Å². The third-order valence-electron chi connectivity index (χ3n) is 2.96. The largest absolute Gasteiger partial charge is 0.392 e. The predicted octanol–water partition coefficient (Wildman–Crippen LogP) is 0.721. The molecule has 0 aromatic rings. The molecule has 0 fully saturated rings. The molecule has 1 atom stereocenters. The first-order valence-electron chi connectivity index (χ1n) is 6.23. The second-order valence-corrected chi connectivity index (χ2v) is 4.85. The van der Waals surface area contributed by atoms with E-state index in [4.69, 9.17) is 18.0 Å². The molecule has 0 bridgehead atoms. The predicted molar refractivity (Wildman–Crippen MR) is 76.1 cm³/mol. The van der Waals surface area contributed by atoms with Gasteiger partial charge >= 0.3 is 0 Å². The summed E-state index contributed by atoms with van der Waals surface area (Å²) in [5.74, 6) is -0.286. The SMILES string of the molecule is CCCNC(=O)CCNC(=O)C(C)(CC)C(N)=S. The number of carbonyl (C=O) groups excluding carboxylic acids is 2. The van der Waals surface area contributed by atoms with Crippen LogP contribution < -0.4 is 16.4 Å². The van der Waals surface area contributed by atoms with E-state index in [0.717, 1.165) is 6.42 Å². The van der Waals surface area contributed by atoms with Gasteiger partial charge in [0, 0.05) is 19.5 Å². The highest BCUT2D eigenvalue weighted by Crippen LogP contribution is 2.21.